The minimum Gasteiger partial charge on any atom is -0.378 e. The first-order valence-electron chi connectivity index (χ1n) is 6.91. The first kappa shape index (κ1) is 14.0. The van der Waals surface area contributed by atoms with Crippen LogP contribution in [0.4, 0.5) is 11.6 Å². The van der Waals surface area contributed by atoms with Crippen LogP contribution >= 0.6 is 0 Å². The lowest BCUT2D eigenvalue weighted by atomic mass is 10.2. The van der Waals surface area contributed by atoms with E-state index < -0.39 is 0 Å². The molecule has 1 aromatic heterocycles. The number of aromatic nitrogens is 2. The monoisotopic (exact) mass is 265 g/mol. The number of hydrogen-bond acceptors (Lipinski definition) is 6. The van der Waals surface area contributed by atoms with Gasteiger partial charge in [0.25, 0.3) is 0 Å². The van der Waals surface area contributed by atoms with Crippen molar-refractivity contribution in [2.24, 2.45) is 0 Å². The molecule has 0 aromatic carbocycles. The zero-order valence-electron chi connectivity index (χ0n) is 11.6. The van der Waals surface area contributed by atoms with E-state index in [-0.39, 0.29) is 0 Å². The lowest BCUT2D eigenvalue weighted by Gasteiger charge is -2.24. The van der Waals surface area contributed by atoms with E-state index in [2.05, 4.69) is 39.8 Å². The van der Waals surface area contributed by atoms with Gasteiger partial charge in [0.15, 0.2) is 0 Å². The van der Waals surface area contributed by atoms with E-state index in [1.165, 1.54) is 0 Å². The topological polar surface area (TPSA) is 71.1 Å². The van der Waals surface area contributed by atoms with Gasteiger partial charge in [-0.1, -0.05) is 6.92 Å². The number of hydrogen-bond donors (Lipinski definition) is 3. The fourth-order valence-corrected chi connectivity index (χ4v) is 1.87. The highest BCUT2D eigenvalue weighted by molar-refractivity contribution is 5.46. The van der Waals surface area contributed by atoms with Crippen LogP contribution in [0, 0.1) is 0 Å². The molecule has 0 spiro atoms. The first-order valence-corrected chi connectivity index (χ1v) is 6.91. The molecule has 1 fully saturated rings. The molecular formula is C13H23N5O. The molecule has 106 valence electrons. The van der Waals surface area contributed by atoms with E-state index in [1.54, 1.807) is 6.33 Å². The van der Waals surface area contributed by atoms with Crippen molar-refractivity contribution in [3.63, 3.8) is 0 Å². The summed E-state index contributed by atoms with van der Waals surface area (Å²) in [4.78, 5) is 8.45. The fraction of sp³-hybridized carbons (Fsp3) is 0.692. The van der Waals surface area contributed by atoms with E-state index in [0.29, 0.717) is 12.1 Å². The van der Waals surface area contributed by atoms with E-state index in [0.717, 1.165) is 44.4 Å². The van der Waals surface area contributed by atoms with Crippen molar-refractivity contribution in [3.05, 3.63) is 12.4 Å². The molecule has 2 heterocycles. The molecule has 6 nitrogen and oxygen atoms in total. The van der Waals surface area contributed by atoms with Crippen molar-refractivity contribution in [3.8, 4) is 0 Å². The zero-order valence-corrected chi connectivity index (χ0v) is 11.6. The summed E-state index contributed by atoms with van der Waals surface area (Å²) in [6, 6.07) is 2.70. The highest BCUT2D eigenvalue weighted by atomic mass is 16.5. The highest BCUT2D eigenvalue weighted by Crippen LogP contribution is 2.10. The van der Waals surface area contributed by atoms with Crippen LogP contribution in [-0.4, -0.2) is 48.4 Å². The third-order valence-corrected chi connectivity index (χ3v) is 3.20. The Hall–Kier alpha value is -1.40. The molecule has 0 bridgehead atoms. The average molecular weight is 265 g/mol. The molecule has 0 amide bonds. The first-order chi connectivity index (χ1) is 9.28. The van der Waals surface area contributed by atoms with Crippen LogP contribution in [0.3, 0.4) is 0 Å². The number of morpholine rings is 1. The molecule has 6 heteroatoms. The summed E-state index contributed by atoms with van der Waals surface area (Å²) in [5, 5.41) is 10.0. The Morgan fingerprint density at radius 3 is 3.05 bits per heavy atom. The summed E-state index contributed by atoms with van der Waals surface area (Å²) in [5.41, 5.74) is 0. The van der Waals surface area contributed by atoms with Crippen molar-refractivity contribution in [2.75, 3.05) is 36.9 Å². The Labute approximate surface area is 114 Å². The minimum absolute atomic E-state index is 0.342. The quantitative estimate of drug-likeness (QED) is 0.715. The summed E-state index contributed by atoms with van der Waals surface area (Å²) in [5.74, 6) is 1.70. The third kappa shape index (κ3) is 4.65. The largest absolute Gasteiger partial charge is 0.378 e. The molecule has 2 atom stereocenters. The molecular weight excluding hydrogens is 242 g/mol. The molecule has 0 aliphatic carbocycles. The summed E-state index contributed by atoms with van der Waals surface area (Å²) in [6.45, 7) is 7.55. The summed E-state index contributed by atoms with van der Waals surface area (Å²) < 4.78 is 5.41. The fourth-order valence-electron chi connectivity index (χ4n) is 1.87. The Morgan fingerprint density at radius 1 is 1.47 bits per heavy atom. The number of nitrogens with one attached hydrogen (secondary N) is 3. The van der Waals surface area contributed by atoms with Crippen LogP contribution in [0.15, 0.2) is 12.4 Å². The Kier molecular flexibility index (Phi) is 5.35. The zero-order chi connectivity index (χ0) is 13.5. The maximum atomic E-state index is 5.41. The van der Waals surface area contributed by atoms with Crippen molar-refractivity contribution in [1.82, 2.24) is 15.3 Å². The number of nitrogens with zero attached hydrogens (tertiary/aromatic N) is 2. The smallest absolute Gasteiger partial charge is 0.131 e. The van der Waals surface area contributed by atoms with Gasteiger partial charge < -0.3 is 20.7 Å². The second-order valence-corrected chi connectivity index (χ2v) is 4.85. The van der Waals surface area contributed by atoms with Gasteiger partial charge in [-0.3, -0.25) is 0 Å². The second-order valence-electron chi connectivity index (χ2n) is 4.85. The van der Waals surface area contributed by atoms with E-state index in [1.807, 2.05) is 6.07 Å². The van der Waals surface area contributed by atoms with Crippen LogP contribution in [0.1, 0.15) is 20.3 Å². The van der Waals surface area contributed by atoms with Gasteiger partial charge in [-0.25, -0.2) is 9.97 Å². The Bertz CT molecular complexity index is 381. The Morgan fingerprint density at radius 2 is 2.32 bits per heavy atom. The summed E-state index contributed by atoms with van der Waals surface area (Å²) in [7, 11) is 0. The molecule has 1 saturated heterocycles. The van der Waals surface area contributed by atoms with Gasteiger partial charge in [-0.2, -0.15) is 0 Å². The van der Waals surface area contributed by atoms with Gasteiger partial charge in [0.05, 0.1) is 13.2 Å². The van der Waals surface area contributed by atoms with Crippen molar-refractivity contribution in [1.29, 1.82) is 0 Å². The molecule has 0 radical (unpaired) electrons. The Balaban J connectivity index is 1.84. The third-order valence-electron chi connectivity index (χ3n) is 3.20. The molecule has 1 aliphatic heterocycles. The van der Waals surface area contributed by atoms with Gasteiger partial charge in [0, 0.05) is 31.2 Å². The maximum Gasteiger partial charge on any atom is 0.131 e. The van der Waals surface area contributed by atoms with Crippen LogP contribution < -0.4 is 16.0 Å². The summed E-state index contributed by atoms with van der Waals surface area (Å²) >= 11 is 0. The van der Waals surface area contributed by atoms with Gasteiger partial charge in [-0.15, -0.1) is 0 Å². The second kappa shape index (κ2) is 7.25. The van der Waals surface area contributed by atoms with Gasteiger partial charge >= 0.3 is 0 Å². The van der Waals surface area contributed by atoms with Crippen LogP contribution in [0.2, 0.25) is 0 Å². The molecule has 1 aliphatic rings. The van der Waals surface area contributed by atoms with Gasteiger partial charge in [-0.05, 0) is 13.3 Å². The van der Waals surface area contributed by atoms with E-state index in [9.17, 15) is 0 Å². The van der Waals surface area contributed by atoms with Crippen LogP contribution in [0.5, 0.6) is 0 Å². The van der Waals surface area contributed by atoms with Crippen LogP contribution in [-0.2, 0) is 4.74 Å². The molecule has 19 heavy (non-hydrogen) atoms. The minimum atomic E-state index is 0.342. The lowest BCUT2D eigenvalue weighted by molar-refractivity contribution is 0.0806. The van der Waals surface area contributed by atoms with Crippen molar-refractivity contribution in [2.45, 2.75) is 32.4 Å². The SMILES string of the molecule is CCC(C)Nc1cc(NCC2COCCN2)ncn1. The molecule has 0 saturated carbocycles. The average Bonchev–Trinajstić information content (AvgIpc) is 2.46. The van der Waals surface area contributed by atoms with E-state index >= 15 is 0 Å². The lowest BCUT2D eigenvalue weighted by Crippen LogP contribution is -2.45. The van der Waals surface area contributed by atoms with E-state index in [4.69, 9.17) is 4.74 Å². The van der Waals surface area contributed by atoms with Crippen molar-refractivity contribution < 1.29 is 4.74 Å². The number of rotatable bonds is 6. The standard InChI is InChI=1S/C13H23N5O/c1-3-10(2)18-13-6-12(16-9-17-13)15-7-11-8-19-5-4-14-11/h6,9-11,14H,3-5,7-8H2,1-2H3,(H2,15,16,17,18). The molecule has 1 aromatic rings. The van der Waals surface area contributed by atoms with Crippen molar-refractivity contribution >= 4 is 11.6 Å². The predicted octanol–water partition coefficient (Wildman–Crippen LogP) is 1.09. The van der Waals surface area contributed by atoms with Crippen LogP contribution in [0.25, 0.3) is 0 Å². The normalized spacial score (nSPS) is 20.8. The van der Waals surface area contributed by atoms with Gasteiger partial charge in [0.1, 0.15) is 18.0 Å². The molecule has 2 rings (SSSR count). The van der Waals surface area contributed by atoms with Gasteiger partial charge in [0.2, 0.25) is 0 Å². The summed E-state index contributed by atoms with van der Waals surface area (Å²) in [6.07, 6.45) is 2.65. The number of ether oxygens (including phenoxy) is 1. The highest BCUT2D eigenvalue weighted by Gasteiger charge is 2.12. The number of anilines is 2. The molecule has 2 unspecified atom stereocenters. The predicted molar refractivity (Wildman–Crippen MR) is 76.5 cm³/mol. The molecule has 3 N–H and O–H groups in total. The maximum absolute atomic E-state index is 5.41.